The van der Waals surface area contributed by atoms with Crippen molar-refractivity contribution in [3.05, 3.63) is 92.1 Å². The summed E-state index contributed by atoms with van der Waals surface area (Å²) in [6.45, 7) is 0. The van der Waals surface area contributed by atoms with Crippen LogP contribution in [0, 0.1) is 7.14 Å². The second-order valence-electron chi connectivity index (χ2n) is 5.05. The molecule has 0 nitrogen and oxygen atoms in total. The van der Waals surface area contributed by atoms with E-state index in [2.05, 4.69) is 84.9 Å². The Morgan fingerprint density at radius 2 is 1.24 bits per heavy atom. The van der Waals surface area contributed by atoms with Gasteiger partial charge in [0.1, 0.15) is 0 Å². The van der Waals surface area contributed by atoms with Gasteiger partial charge in [0.25, 0.3) is 0 Å². The molecule has 0 spiro atoms. The minimum Gasteiger partial charge on any atom is -0.0616 e. The van der Waals surface area contributed by atoms with Crippen molar-refractivity contribution >= 4 is 21.5 Å². The van der Waals surface area contributed by atoms with Crippen molar-refractivity contribution in [2.75, 3.05) is 0 Å². The number of hydrogen-bond donors (Lipinski definition) is 0. The zero-order valence-corrected chi connectivity index (χ0v) is 13.6. The van der Waals surface area contributed by atoms with Gasteiger partial charge >= 0.3 is 21.2 Å². The number of hydrogen-bond acceptors (Lipinski definition) is 0. The third-order valence-corrected chi connectivity index (χ3v) is 6.47. The molecule has 0 unspecified atom stereocenters. The predicted octanol–water partition coefficient (Wildman–Crippen LogP) is 2.12. The fraction of sp³-hybridized carbons (Fsp3) is 0. The summed E-state index contributed by atoms with van der Waals surface area (Å²) in [5.41, 5.74) is 0. The van der Waals surface area contributed by atoms with E-state index in [0.717, 1.165) is 0 Å². The Morgan fingerprint density at radius 3 is 2.14 bits per heavy atom. The topological polar surface area (TPSA) is 0 Å². The van der Waals surface area contributed by atoms with Gasteiger partial charge in [-0.3, -0.25) is 0 Å². The second kappa shape index (κ2) is 5.49. The SMILES string of the molecule is c1ccc2cc([I+]c3cccc4ccccc34)ccc2c1. The zero-order valence-electron chi connectivity index (χ0n) is 11.5. The van der Waals surface area contributed by atoms with E-state index in [1.54, 1.807) is 0 Å². The summed E-state index contributed by atoms with van der Waals surface area (Å²) in [6, 6.07) is 30.8. The van der Waals surface area contributed by atoms with Crippen molar-refractivity contribution in [1.29, 1.82) is 0 Å². The van der Waals surface area contributed by atoms with Crippen LogP contribution in [0.4, 0.5) is 0 Å². The monoisotopic (exact) mass is 381 g/mol. The molecule has 0 fully saturated rings. The summed E-state index contributed by atoms with van der Waals surface area (Å²) in [5.74, 6) is 0. The molecule has 21 heavy (non-hydrogen) atoms. The second-order valence-corrected chi connectivity index (χ2v) is 7.99. The molecular weight excluding hydrogens is 367 g/mol. The zero-order chi connectivity index (χ0) is 14.1. The van der Waals surface area contributed by atoms with E-state index < -0.39 is 0 Å². The van der Waals surface area contributed by atoms with Crippen LogP contribution in [0.2, 0.25) is 0 Å². The van der Waals surface area contributed by atoms with Crippen molar-refractivity contribution in [3.8, 4) is 0 Å². The minimum atomic E-state index is -0.148. The van der Waals surface area contributed by atoms with Gasteiger partial charge in [0.05, 0.1) is 0 Å². The molecule has 100 valence electrons. The quantitative estimate of drug-likeness (QED) is 0.467. The maximum Gasteiger partial charge on any atom is 0.358 e. The van der Waals surface area contributed by atoms with Crippen LogP contribution >= 0.6 is 0 Å². The van der Waals surface area contributed by atoms with Gasteiger partial charge in [-0.05, 0) is 46.5 Å². The third-order valence-electron chi connectivity index (χ3n) is 3.66. The first-order chi connectivity index (χ1) is 10.4. The fourth-order valence-corrected chi connectivity index (χ4v) is 5.30. The summed E-state index contributed by atoms with van der Waals surface area (Å²) < 4.78 is 2.98. The lowest BCUT2D eigenvalue weighted by Gasteiger charge is -1.98. The molecule has 4 aromatic rings. The smallest absolute Gasteiger partial charge is 0.0616 e. The highest BCUT2D eigenvalue weighted by atomic mass is 127. The molecular formula is C20H14I+. The Balaban J connectivity index is 1.79. The van der Waals surface area contributed by atoms with Crippen molar-refractivity contribution in [2.24, 2.45) is 0 Å². The maximum atomic E-state index is 2.35. The average Bonchev–Trinajstić information content (AvgIpc) is 2.55. The molecule has 0 amide bonds. The molecule has 4 aromatic carbocycles. The largest absolute Gasteiger partial charge is 0.358 e. The van der Waals surface area contributed by atoms with Gasteiger partial charge in [0.15, 0.2) is 3.57 Å². The molecule has 0 bridgehead atoms. The van der Waals surface area contributed by atoms with Crippen molar-refractivity contribution < 1.29 is 21.2 Å². The number of halogens is 1. The summed E-state index contributed by atoms with van der Waals surface area (Å²) in [5, 5.41) is 5.41. The van der Waals surface area contributed by atoms with E-state index in [0.29, 0.717) is 0 Å². The lowest BCUT2D eigenvalue weighted by atomic mass is 10.1. The van der Waals surface area contributed by atoms with Crippen LogP contribution in [0.15, 0.2) is 84.9 Å². The van der Waals surface area contributed by atoms with Crippen molar-refractivity contribution in [1.82, 2.24) is 0 Å². The first kappa shape index (κ1) is 12.8. The Kier molecular flexibility index (Phi) is 3.36. The lowest BCUT2D eigenvalue weighted by molar-refractivity contribution is -0.595. The van der Waals surface area contributed by atoms with Gasteiger partial charge in [0, 0.05) is 5.39 Å². The minimum absolute atomic E-state index is 0.148. The highest BCUT2D eigenvalue weighted by Gasteiger charge is 2.18. The van der Waals surface area contributed by atoms with Gasteiger partial charge < -0.3 is 0 Å². The van der Waals surface area contributed by atoms with Gasteiger partial charge in [0.2, 0.25) is 3.57 Å². The van der Waals surface area contributed by atoms with E-state index in [4.69, 9.17) is 0 Å². The van der Waals surface area contributed by atoms with Gasteiger partial charge in [-0.15, -0.1) is 0 Å². The summed E-state index contributed by atoms with van der Waals surface area (Å²) in [6.07, 6.45) is 0. The Hall–Kier alpha value is -1.87. The maximum absolute atomic E-state index is 2.35. The number of rotatable bonds is 2. The molecule has 0 saturated carbocycles. The standard InChI is InChI=1S/C20H14I/c1-2-8-17-14-18(13-12-15(17)6-1)21-20-11-5-9-16-7-3-4-10-19(16)20/h1-14H/q+1. The summed E-state index contributed by atoms with van der Waals surface area (Å²) >= 11 is -0.148. The van der Waals surface area contributed by atoms with Crippen molar-refractivity contribution in [2.45, 2.75) is 0 Å². The Bertz CT molecular complexity index is 919. The van der Waals surface area contributed by atoms with E-state index in [1.165, 1.54) is 28.7 Å². The predicted molar refractivity (Wildman–Crippen MR) is 85.3 cm³/mol. The lowest BCUT2D eigenvalue weighted by Crippen LogP contribution is -3.61. The summed E-state index contributed by atoms with van der Waals surface area (Å²) in [7, 11) is 0. The Labute approximate surface area is 134 Å². The van der Waals surface area contributed by atoms with E-state index in [-0.39, 0.29) is 21.2 Å². The van der Waals surface area contributed by atoms with Gasteiger partial charge in [-0.25, -0.2) is 0 Å². The van der Waals surface area contributed by atoms with Crippen LogP contribution in [0.3, 0.4) is 0 Å². The van der Waals surface area contributed by atoms with Crippen LogP contribution in [0.5, 0.6) is 0 Å². The van der Waals surface area contributed by atoms with E-state index >= 15 is 0 Å². The fourth-order valence-electron chi connectivity index (χ4n) is 2.60. The van der Waals surface area contributed by atoms with Gasteiger partial charge in [-0.1, -0.05) is 54.6 Å². The molecule has 0 aliphatic rings. The number of benzene rings is 4. The molecule has 0 saturated heterocycles. The molecule has 0 heterocycles. The average molecular weight is 381 g/mol. The van der Waals surface area contributed by atoms with Crippen LogP contribution in [0.25, 0.3) is 21.5 Å². The third kappa shape index (κ3) is 2.54. The molecule has 0 radical (unpaired) electrons. The van der Waals surface area contributed by atoms with Crippen LogP contribution in [-0.4, -0.2) is 0 Å². The van der Waals surface area contributed by atoms with Crippen LogP contribution < -0.4 is 21.2 Å². The normalized spacial score (nSPS) is 11.0. The van der Waals surface area contributed by atoms with Crippen molar-refractivity contribution in [3.63, 3.8) is 0 Å². The van der Waals surface area contributed by atoms with E-state index in [1.807, 2.05) is 0 Å². The van der Waals surface area contributed by atoms with Crippen LogP contribution in [0.1, 0.15) is 0 Å². The first-order valence-corrected chi connectivity index (χ1v) is 9.17. The molecule has 0 aromatic heterocycles. The first-order valence-electron chi connectivity index (χ1n) is 7.01. The highest BCUT2D eigenvalue weighted by molar-refractivity contribution is 5.82. The molecule has 0 N–H and O–H groups in total. The highest BCUT2D eigenvalue weighted by Crippen LogP contribution is 2.13. The summed E-state index contributed by atoms with van der Waals surface area (Å²) in [4.78, 5) is 0. The molecule has 0 aliphatic heterocycles. The van der Waals surface area contributed by atoms with Gasteiger partial charge in [-0.2, -0.15) is 0 Å². The number of fused-ring (bicyclic) bond motifs is 2. The van der Waals surface area contributed by atoms with E-state index in [9.17, 15) is 0 Å². The molecule has 0 aliphatic carbocycles. The molecule has 0 atom stereocenters. The molecule has 1 heteroatoms. The Morgan fingerprint density at radius 1 is 0.524 bits per heavy atom. The molecule has 4 rings (SSSR count). The van der Waals surface area contributed by atoms with Crippen LogP contribution in [-0.2, 0) is 0 Å².